The summed E-state index contributed by atoms with van der Waals surface area (Å²) in [7, 11) is -4.35. The number of hydrogen-bond acceptors (Lipinski definition) is 3. The molecule has 0 aromatic carbocycles. The Morgan fingerprint density at radius 2 is 1.50 bits per heavy atom. The zero-order valence-corrected chi connectivity index (χ0v) is 12.7. The van der Waals surface area contributed by atoms with Gasteiger partial charge in [0, 0.05) is 5.54 Å². The molecule has 0 aromatic heterocycles. The van der Waals surface area contributed by atoms with Crippen molar-refractivity contribution in [2.45, 2.75) is 46.6 Å². The molecule has 0 fully saturated rings. The molecule has 0 saturated heterocycles. The molecule has 0 aliphatic carbocycles. The van der Waals surface area contributed by atoms with Crippen molar-refractivity contribution in [3.05, 3.63) is 0 Å². The molecule has 0 unspecified atom stereocenters. The van der Waals surface area contributed by atoms with Crippen LogP contribution in [0.1, 0.15) is 41.0 Å². The summed E-state index contributed by atoms with van der Waals surface area (Å²) in [6.45, 7) is 9.39. The molecule has 80 valence electrons. The molecule has 6 heteroatoms. The molecule has 1 N–H and O–H groups in total. The summed E-state index contributed by atoms with van der Waals surface area (Å²) in [5.74, 6) is 0. The minimum Gasteiger partial charge on any atom is -0.735 e. The first-order valence-electron chi connectivity index (χ1n) is 4.16. The second kappa shape index (κ2) is 5.27. The molecule has 0 aromatic rings. The van der Waals surface area contributed by atoms with E-state index in [-0.39, 0.29) is 35.0 Å². The van der Waals surface area contributed by atoms with Crippen LogP contribution in [-0.4, -0.2) is 18.5 Å². The number of nitrogens with one attached hydrogen (secondary N) is 1. The Bertz CT molecular complexity index is 267. The quantitative estimate of drug-likeness (QED) is 0.463. The minimum atomic E-state index is -4.35. The van der Waals surface area contributed by atoms with E-state index >= 15 is 0 Å². The molecule has 14 heavy (non-hydrogen) atoms. The molecule has 0 aliphatic rings. The van der Waals surface area contributed by atoms with Crippen molar-refractivity contribution in [1.29, 1.82) is 0 Å². The Morgan fingerprint density at radius 1 is 1.14 bits per heavy atom. The molecule has 0 rings (SSSR count). The van der Waals surface area contributed by atoms with Gasteiger partial charge in [0.05, 0.1) is 0 Å². The van der Waals surface area contributed by atoms with E-state index in [4.69, 9.17) is 0 Å². The Labute approximate surface area is 109 Å². The van der Waals surface area contributed by atoms with E-state index in [0.29, 0.717) is 6.42 Å². The smallest absolute Gasteiger partial charge is 0.735 e. The van der Waals surface area contributed by atoms with Crippen molar-refractivity contribution in [3.63, 3.8) is 0 Å². The summed E-state index contributed by atoms with van der Waals surface area (Å²) in [4.78, 5) is 0. The molecule has 0 bridgehead atoms. The zero-order valence-electron chi connectivity index (χ0n) is 9.84. The van der Waals surface area contributed by atoms with Gasteiger partial charge in [-0.05, 0) is 25.7 Å². The maximum Gasteiger partial charge on any atom is 1.00 e. The van der Waals surface area contributed by atoms with Crippen molar-refractivity contribution in [3.8, 4) is 0 Å². The van der Waals surface area contributed by atoms with Crippen LogP contribution in [0.3, 0.4) is 0 Å². The van der Waals surface area contributed by atoms with E-state index < -0.39 is 15.8 Å². The zero-order chi connectivity index (χ0) is 10.9. The monoisotopic (exact) mass is 231 g/mol. The van der Waals surface area contributed by atoms with Crippen LogP contribution in [0.2, 0.25) is 0 Å². The van der Waals surface area contributed by atoms with Gasteiger partial charge in [0.25, 0.3) is 0 Å². The van der Waals surface area contributed by atoms with E-state index in [1.807, 2.05) is 20.8 Å². The molecule has 0 saturated carbocycles. The van der Waals surface area contributed by atoms with Gasteiger partial charge in [-0.1, -0.05) is 20.8 Å². The third kappa shape index (κ3) is 10.9. The fourth-order valence-electron chi connectivity index (χ4n) is 1.70. The number of hydrogen-bond donors (Lipinski definition) is 1. The first-order chi connectivity index (χ1) is 5.41. The van der Waals surface area contributed by atoms with Crippen molar-refractivity contribution < 1.29 is 42.5 Å². The van der Waals surface area contributed by atoms with Crippen LogP contribution < -0.4 is 34.3 Å². The van der Waals surface area contributed by atoms with Crippen LogP contribution in [0.25, 0.3) is 0 Å². The Balaban J connectivity index is 0. The molecule has 0 amide bonds. The largest absolute Gasteiger partial charge is 1.00 e. The average molecular weight is 231 g/mol. The Morgan fingerprint density at radius 3 is 1.71 bits per heavy atom. The third-order valence-corrected chi connectivity index (χ3v) is 2.18. The third-order valence-electron chi connectivity index (χ3n) is 1.37. The van der Waals surface area contributed by atoms with Crippen LogP contribution in [0.15, 0.2) is 0 Å². The molecular weight excluding hydrogens is 213 g/mol. The van der Waals surface area contributed by atoms with E-state index in [1.165, 1.54) is 0 Å². The van der Waals surface area contributed by atoms with E-state index in [9.17, 15) is 13.0 Å². The maximum absolute atomic E-state index is 10.5. The second-order valence-electron chi connectivity index (χ2n) is 5.18. The molecule has 0 aliphatic heterocycles. The van der Waals surface area contributed by atoms with Gasteiger partial charge in [-0.15, -0.1) is 0 Å². The molecular formula is C8H18NNaO3S. The Kier molecular flexibility index (Phi) is 6.51. The number of rotatable bonds is 3. The minimum absolute atomic E-state index is 0. The van der Waals surface area contributed by atoms with Crippen molar-refractivity contribution >= 4 is 10.3 Å². The summed E-state index contributed by atoms with van der Waals surface area (Å²) in [6.07, 6.45) is 0.613. The molecule has 0 spiro atoms. The molecule has 4 nitrogen and oxygen atoms in total. The standard InChI is InChI=1S/C8H19NO3S.Na/c1-7(2,3)6-8(4,5)9-13(10,11)12;/h9H,6H2,1-5H3,(H,10,11,12);/q;+1/p-1. The van der Waals surface area contributed by atoms with Crippen LogP contribution in [0.5, 0.6) is 0 Å². The van der Waals surface area contributed by atoms with Crippen LogP contribution in [-0.2, 0) is 10.3 Å². The van der Waals surface area contributed by atoms with Gasteiger partial charge >= 0.3 is 29.6 Å². The van der Waals surface area contributed by atoms with E-state index in [1.54, 1.807) is 13.8 Å². The van der Waals surface area contributed by atoms with Crippen molar-refractivity contribution in [1.82, 2.24) is 4.72 Å². The average Bonchev–Trinajstić information content (AvgIpc) is 1.43. The Hall–Kier alpha value is 0.870. The van der Waals surface area contributed by atoms with E-state index in [2.05, 4.69) is 4.72 Å². The summed E-state index contributed by atoms with van der Waals surface area (Å²) in [5.41, 5.74) is -0.694. The topological polar surface area (TPSA) is 69.2 Å². The van der Waals surface area contributed by atoms with Crippen molar-refractivity contribution in [2.75, 3.05) is 0 Å². The fourth-order valence-corrected chi connectivity index (χ4v) is 2.45. The first kappa shape index (κ1) is 17.3. The fraction of sp³-hybridized carbons (Fsp3) is 1.00. The SMILES string of the molecule is CC(C)(C)CC(C)(C)NS(=O)(=O)[O-].[Na+]. The first-order valence-corrected chi connectivity index (χ1v) is 5.57. The van der Waals surface area contributed by atoms with Gasteiger partial charge in [-0.3, -0.25) is 0 Å². The van der Waals surface area contributed by atoms with Gasteiger partial charge in [0.15, 0.2) is 10.3 Å². The van der Waals surface area contributed by atoms with Gasteiger partial charge in [0.2, 0.25) is 0 Å². The normalized spacial score (nSPS) is 13.6. The predicted molar refractivity (Wildman–Crippen MR) is 51.0 cm³/mol. The van der Waals surface area contributed by atoms with Crippen LogP contribution in [0, 0.1) is 5.41 Å². The summed E-state index contributed by atoms with van der Waals surface area (Å²) < 4.78 is 33.5. The van der Waals surface area contributed by atoms with Gasteiger partial charge in [-0.2, -0.15) is 0 Å². The second-order valence-corrected chi connectivity index (χ2v) is 6.29. The molecule has 0 heterocycles. The van der Waals surface area contributed by atoms with Crippen LogP contribution >= 0.6 is 0 Å². The van der Waals surface area contributed by atoms with E-state index in [0.717, 1.165) is 0 Å². The van der Waals surface area contributed by atoms with Gasteiger partial charge in [0.1, 0.15) is 0 Å². The predicted octanol–water partition coefficient (Wildman–Crippen LogP) is -1.74. The van der Waals surface area contributed by atoms with Crippen LogP contribution in [0.4, 0.5) is 0 Å². The summed E-state index contributed by atoms with van der Waals surface area (Å²) in [6, 6.07) is 0. The molecule has 0 radical (unpaired) electrons. The van der Waals surface area contributed by atoms with Crippen molar-refractivity contribution in [2.24, 2.45) is 5.41 Å². The maximum atomic E-state index is 10.5. The van der Waals surface area contributed by atoms with Gasteiger partial charge in [-0.25, -0.2) is 13.1 Å². The summed E-state index contributed by atoms with van der Waals surface area (Å²) in [5, 5.41) is 0. The summed E-state index contributed by atoms with van der Waals surface area (Å²) >= 11 is 0. The molecule has 0 atom stereocenters. The van der Waals surface area contributed by atoms with Gasteiger partial charge < -0.3 is 4.55 Å².